The van der Waals surface area contributed by atoms with Gasteiger partial charge in [-0.3, -0.25) is 0 Å². The summed E-state index contributed by atoms with van der Waals surface area (Å²) < 4.78 is 2.69. The van der Waals surface area contributed by atoms with E-state index in [2.05, 4.69) is 169 Å². The Morgan fingerprint density at radius 3 is 2.04 bits per heavy atom. The van der Waals surface area contributed by atoms with Crippen LogP contribution in [0.4, 0.5) is 17.1 Å². The van der Waals surface area contributed by atoms with Gasteiger partial charge < -0.3 is 4.90 Å². The van der Waals surface area contributed by atoms with Crippen molar-refractivity contribution in [2.45, 2.75) is 31.1 Å². The first kappa shape index (κ1) is 29.3. The fourth-order valence-corrected chi connectivity index (χ4v) is 11.5. The normalized spacial score (nSPS) is 19.9. The maximum atomic E-state index is 2.57. The molecule has 3 unspecified atom stereocenters. The molecule has 0 saturated heterocycles. The molecule has 2 saturated carbocycles. The molecule has 1 aromatic heterocycles. The van der Waals surface area contributed by atoms with Gasteiger partial charge in [-0.15, -0.1) is 11.3 Å². The van der Waals surface area contributed by atoms with Crippen molar-refractivity contribution in [1.82, 2.24) is 0 Å². The fourth-order valence-electron chi connectivity index (χ4n) is 10.2. The maximum absolute atomic E-state index is 2.57. The van der Waals surface area contributed by atoms with Crippen LogP contribution >= 0.6 is 11.3 Å². The summed E-state index contributed by atoms with van der Waals surface area (Å²) in [6.45, 7) is 0. The van der Waals surface area contributed by atoms with E-state index in [0.717, 1.165) is 11.8 Å². The van der Waals surface area contributed by atoms with E-state index in [1.807, 2.05) is 11.3 Å². The number of rotatable bonds is 5. The third-order valence-electron chi connectivity index (χ3n) is 12.4. The molecule has 244 valence electrons. The summed E-state index contributed by atoms with van der Waals surface area (Å²) in [7, 11) is 0. The second-order valence-corrected chi connectivity index (χ2v) is 15.9. The topological polar surface area (TPSA) is 3.24 Å². The molecule has 2 fully saturated rings. The van der Waals surface area contributed by atoms with Crippen LogP contribution in [-0.4, -0.2) is 0 Å². The summed E-state index contributed by atoms with van der Waals surface area (Å²) in [6.07, 6.45) is 5.38. The van der Waals surface area contributed by atoms with Gasteiger partial charge in [0.05, 0.1) is 5.69 Å². The molecule has 51 heavy (non-hydrogen) atoms. The van der Waals surface area contributed by atoms with Crippen LogP contribution in [0.5, 0.6) is 0 Å². The Kier molecular flexibility index (Phi) is 6.48. The lowest BCUT2D eigenvalue weighted by atomic mass is 9.67. The zero-order valence-corrected chi connectivity index (χ0v) is 29.2. The first-order chi connectivity index (χ1) is 25.3. The van der Waals surface area contributed by atoms with Crippen LogP contribution in [0.3, 0.4) is 0 Å². The molecular weight excluding hydrogens is 635 g/mol. The lowest BCUT2D eigenvalue weighted by Gasteiger charge is -2.37. The van der Waals surface area contributed by atoms with Crippen LogP contribution in [0.2, 0.25) is 0 Å². The van der Waals surface area contributed by atoms with Gasteiger partial charge in [0.15, 0.2) is 0 Å². The van der Waals surface area contributed by atoms with Gasteiger partial charge in [0.1, 0.15) is 0 Å². The molecule has 7 aromatic carbocycles. The number of hydrogen-bond donors (Lipinski definition) is 0. The van der Waals surface area contributed by atoms with Crippen molar-refractivity contribution in [3.63, 3.8) is 0 Å². The first-order valence-electron chi connectivity index (χ1n) is 18.5. The molecule has 3 aliphatic rings. The van der Waals surface area contributed by atoms with Crippen molar-refractivity contribution in [3.8, 4) is 33.4 Å². The van der Waals surface area contributed by atoms with Gasteiger partial charge in [-0.25, -0.2) is 0 Å². The average molecular weight is 672 g/mol. The highest BCUT2D eigenvalue weighted by molar-refractivity contribution is 7.26. The Balaban J connectivity index is 1.09. The van der Waals surface area contributed by atoms with E-state index >= 15 is 0 Å². The molecule has 0 radical (unpaired) electrons. The zero-order chi connectivity index (χ0) is 33.5. The quantitative estimate of drug-likeness (QED) is 0.176. The number of fused-ring (bicyclic) bond motifs is 11. The first-order valence-corrected chi connectivity index (χ1v) is 19.3. The molecule has 2 bridgehead atoms. The van der Waals surface area contributed by atoms with E-state index in [1.165, 1.54) is 96.3 Å². The van der Waals surface area contributed by atoms with E-state index in [0.29, 0.717) is 0 Å². The van der Waals surface area contributed by atoms with Crippen molar-refractivity contribution in [1.29, 1.82) is 0 Å². The van der Waals surface area contributed by atoms with E-state index in [4.69, 9.17) is 0 Å². The van der Waals surface area contributed by atoms with Crippen LogP contribution in [0.1, 0.15) is 36.8 Å². The fraction of sp³-hybridized carbons (Fsp3) is 0.143. The predicted octanol–water partition coefficient (Wildman–Crippen LogP) is 13.9. The number of benzene rings is 7. The minimum absolute atomic E-state index is 0.127. The smallest absolute Gasteiger partial charge is 0.0540 e. The molecule has 0 aliphatic heterocycles. The lowest BCUT2D eigenvalue weighted by molar-refractivity contribution is 0.327. The standard InChI is InChI=1S/C49H37NS/c1-2-11-33(12-3-1)38-13-5-8-19-46(38)50(36-25-22-34(23-26-36)39-16-10-17-43-42-15-6-9-20-47(42)51-48(39)43)37-27-28-41-40-14-4-7-18-44(40)49(45(41)30-37)31-32-21-24-35(49)29-32/h1-20,22-23,25-28,30,32,35H,21,24,29,31H2. The van der Waals surface area contributed by atoms with Crippen molar-refractivity contribution >= 4 is 48.6 Å². The summed E-state index contributed by atoms with van der Waals surface area (Å²) >= 11 is 1.90. The third kappa shape index (κ3) is 4.33. The van der Waals surface area contributed by atoms with Gasteiger partial charge in [-0.1, -0.05) is 134 Å². The van der Waals surface area contributed by atoms with Gasteiger partial charge in [-0.2, -0.15) is 0 Å². The van der Waals surface area contributed by atoms with Crippen molar-refractivity contribution in [2.75, 3.05) is 4.90 Å². The SMILES string of the molecule is c1ccc(-c2ccccc2N(c2ccc(-c3cccc4c3sc3ccccc34)cc2)c2ccc3c(c2)C2(CC4CCC2C4)c2ccccc2-3)cc1. The average Bonchev–Trinajstić information content (AvgIpc) is 3.97. The van der Waals surface area contributed by atoms with E-state index in [1.54, 1.807) is 11.1 Å². The highest BCUT2D eigenvalue weighted by Gasteiger charge is 2.56. The second-order valence-electron chi connectivity index (χ2n) is 14.9. The molecule has 1 nitrogen and oxygen atoms in total. The highest BCUT2D eigenvalue weighted by Crippen LogP contribution is 2.66. The van der Waals surface area contributed by atoms with Crippen LogP contribution < -0.4 is 4.90 Å². The molecule has 3 atom stereocenters. The number of para-hydroxylation sites is 1. The summed E-state index contributed by atoms with van der Waals surface area (Å²) in [6, 6.07) is 61.3. The Bertz CT molecular complexity index is 2610. The van der Waals surface area contributed by atoms with Gasteiger partial charge >= 0.3 is 0 Å². The number of thiophene rings is 1. The van der Waals surface area contributed by atoms with E-state index in [-0.39, 0.29) is 5.41 Å². The summed E-state index contributed by atoms with van der Waals surface area (Å²) in [5.41, 5.74) is 14.7. The molecule has 1 spiro atoms. The monoisotopic (exact) mass is 671 g/mol. The van der Waals surface area contributed by atoms with Gasteiger partial charge in [0.2, 0.25) is 0 Å². The molecule has 8 aromatic rings. The lowest BCUT2D eigenvalue weighted by Crippen LogP contribution is -2.32. The number of nitrogens with zero attached hydrogens (tertiary/aromatic N) is 1. The second kappa shape index (κ2) is 11.3. The molecule has 0 N–H and O–H groups in total. The van der Waals surface area contributed by atoms with Crippen LogP contribution in [0, 0.1) is 11.8 Å². The predicted molar refractivity (Wildman–Crippen MR) is 217 cm³/mol. The molecule has 11 rings (SSSR count). The molecular formula is C49H37NS. The molecule has 1 heterocycles. The van der Waals surface area contributed by atoms with Crippen LogP contribution in [0.25, 0.3) is 53.6 Å². The third-order valence-corrected chi connectivity index (χ3v) is 13.6. The van der Waals surface area contributed by atoms with Gasteiger partial charge in [0, 0.05) is 42.5 Å². The number of hydrogen-bond acceptors (Lipinski definition) is 2. The Morgan fingerprint density at radius 1 is 0.510 bits per heavy atom. The minimum Gasteiger partial charge on any atom is -0.310 e. The van der Waals surface area contributed by atoms with E-state index < -0.39 is 0 Å². The van der Waals surface area contributed by atoms with Crippen molar-refractivity contribution in [3.05, 3.63) is 175 Å². The van der Waals surface area contributed by atoms with Crippen LogP contribution in [-0.2, 0) is 5.41 Å². The number of anilines is 3. The maximum Gasteiger partial charge on any atom is 0.0540 e. The minimum atomic E-state index is 0.127. The largest absolute Gasteiger partial charge is 0.310 e. The zero-order valence-electron chi connectivity index (χ0n) is 28.4. The van der Waals surface area contributed by atoms with Gasteiger partial charge in [0.25, 0.3) is 0 Å². The van der Waals surface area contributed by atoms with Gasteiger partial charge in [-0.05, 0) is 106 Å². The summed E-state index contributed by atoms with van der Waals surface area (Å²) in [5, 5.41) is 2.68. The summed E-state index contributed by atoms with van der Waals surface area (Å²) in [4.78, 5) is 2.51. The Hall–Kier alpha value is -5.44. The summed E-state index contributed by atoms with van der Waals surface area (Å²) in [5.74, 6) is 1.56. The molecule has 3 aliphatic carbocycles. The highest BCUT2D eigenvalue weighted by atomic mass is 32.1. The molecule has 2 heteroatoms. The van der Waals surface area contributed by atoms with Crippen molar-refractivity contribution < 1.29 is 0 Å². The van der Waals surface area contributed by atoms with Crippen LogP contribution in [0.15, 0.2) is 164 Å². The van der Waals surface area contributed by atoms with E-state index in [9.17, 15) is 0 Å². The Labute approximate surface area is 303 Å². The Morgan fingerprint density at radius 2 is 1.20 bits per heavy atom. The van der Waals surface area contributed by atoms with Crippen molar-refractivity contribution in [2.24, 2.45) is 11.8 Å². The molecule has 0 amide bonds.